The molecule has 174 valence electrons. The maximum atomic E-state index is 12.7. The average molecular weight is 474 g/mol. The van der Waals surface area contributed by atoms with Gasteiger partial charge in [0.2, 0.25) is 0 Å². The lowest BCUT2D eigenvalue weighted by Gasteiger charge is -2.30. The van der Waals surface area contributed by atoms with Gasteiger partial charge in [0, 0.05) is 71.6 Å². The molecule has 0 bridgehead atoms. The molecule has 7 nitrogen and oxygen atoms in total. The van der Waals surface area contributed by atoms with Crippen LogP contribution in [0.5, 0.6) is 5.75 Å². The summed E-state index contributed by atoms with van der Waals surface area (Å²) in [6.07, 6.45) is 0. The van der Waals surface area contributed by atoms with Crippen molar-refractivity contribution in [3.8, 4) is 17.0 Å². The molecule has 6 rings (SSSR count). The minimum Gasteiger partial charge on any atom is -0.497 e. The zero-order chi connectivity index (χ0) is 23.2. The summed E-state index contributed by atoms with van der Waals surface area (Å²) in [5.74, 6) is 0.819. The normalized spacial score (nSPS) is 18.4. The van der Waals surface area contributed by atoms with Gasteiger partial charge in [0.1, 0.15) is 10.6 Å². The number of benzene rings is 2. The lowest BCUT2D eigenvalue weighted by Crippen LogP contribution is -2.43. The van der Waals surface area contributed by atoms with E-state index in [0.717, 1.165) is 80.4 Å². The largest absolute Gasteiger partial charge is 0.497 e. The van der Waals surface area contributed by atoms with Crippen molar-refractivity contribution in [2.75, 3.05) is 50.1 Å². The summed E-state index contributed by atoms with van der Waals surface area (Å²) in [7, 11) is 1.71. The molecule has 2 aromatic carbocycles. The summed E-state index contributed by atoms with van der Waals surface area (Å²) in [5.41, 5.74) is 4.93. The minimum absolute atomic E-state index is 0.0109. The van der Waals surface area contributed by atoms with E-state index in [1.165, 1.54) is 11.3 Å². The van der Waals surface area contributed by atoms with Crippen molar-refractivity contribution in [3.05, 3.63) is 47.3 Å². The molecule has 1 amide bonds. The third kappa shape index (κ3) is 3.63. The number of carbonyl (C=O) groups is 1. The number of piperazine rings is 1. The van der Waals surface area contributed by atoms with E-state index in [-0.39, 0.29) is 11.9 Å². The number of methoxy groups -OCH3 is 1. The first-order valence-electron chi connectivity index (χ1n) is 11.7. The fourth-order valence-electron chi connectivity index (χ4n) is 4.84. The van der Waals surface area contributed by atoms with Crippen LogP contribution in [0.3, 0.4) is 0 Å². The molecule has 1 atom stereocenters. The van der Waals surface area contributed by atoms with Crippen LogP contribution in [-0.4, -0.2) is 56.8 Å². The Labute approximate surface area is 202 Å². The third-order valence-electron chi connectivity index (χ3n) is 6.60. The van der Waals surface area contributed by atoms with Gasteiger partial charge >= 0.3 is 0 Å². The number of carbonyl (C=O) groups excluding carboxylic acids is 1. The molecule has 0 saturated carbocycles. The molecule has 8 heteroatoms. The number of aromatic nitrogens is 1. The summed E-state index contributed by atoms with van der Waals surface area (Å²) in [6.45, 7) is 6.61. The number of fused-ring (bicyclic) bond motifs is 5. The minimum atomic E-state index is -0.0109. The molecule has 3 N–H and O–H groups in total. The monoisotopic (exact) mass is 473 g/mol. The highest BCUT2D eigenvalue weighted by molar-refractivity contribution is 7.21. The van der Waals surface area contributed by atoms with Gasteiger partial charge in [-0.25, -0.2) is 4.98 Å². The number of hydrogen-bond acceptors (Lipinski definition) is 7. The summed E-state index contributed by atoms with van der Waals surface area (Å²) < 4.78 is 6.71. The van der Waals surface area contributed by atoms with Crippen molar-refractivity contribution < 1.29 is 9.53 Å². The van der Waals surface area contributed by atoms with Crippen LogP contribution in [0, 0.1) is 0 Å². The van der Waals surface area contributed by atoms with E-state index >= 15 is 0 Å². The molecular weight excluding hydrogens is 446 g/mol. The van der Waals surface area contributed by atoms with Crippen LogP contribution in [0.2, 0.25) is 0 Å². The maximum absolute atomic E-state index is 12.7. The number of pyridine rings is 1. The van der Waals surface area contributed by atoms with Crippen LogP contribution in [0.1, 0.15) is 16.6 Å². The molecule has 1 fully saturated rings. The number of nitrogens with zero attached hydrogens (tertiary/aromatic N) is 2. The molecule has 0 unspecified atom stereocenters. The standard InChI is InChI=1S/C26H27N5O2S/c1-15-14-28-24-23-19-3-4-20(30-21(19)5-6-22(23)34-25(24)26(32)29-15)16-11-17(13-18(12-16)33-2)31-9-7-27-8-10-31/h3-6,11-13,15,27-28H,7-10,14H2,1-2H3,(H,29,32)/t15-/m1/s1. The van der Waals surface area contributed by atoms with Crippen LogP contribution >= 0.6 is 11.3 Å². The molecule has 4 heterocycles. The summed E-state index contributed by atoms with van der Waals surface area (Å²) >= 11 is 1.53. The Bertz CT molecular complexity index is 1410. The van der Waals surface area contributed by atoms with Crippen LogP contribution < -0.4 is 25.6 Å². The van der Waals surface area contributed by atoms with Gasteiger partial charge in [0.05, 0.1) is 24.0 Å². The highest BCUT2D eigenvalue weighted by Crippen LogP contribution is 2.41. The third-order valence-corrected chi connectivity index (χ3v) is 7.75. The lowest BCUT2D eigenvalue weighted by atomic mass is 10.0. The van der Waals surface area contributed by atoms with Crippen molar-refractivity contribution in [1.82, 2.24) is 15.6 Å². The Morgan fingerprint density at radius 3 is 2.79 bits per heavy atom. The van der Waals surface area contributed by atoms with E-state index in [2.05, 4.69) is 57.2 Å². The Hall–Kier alpha value is -3.36. The van der Waals surface area contributed by atoms with Gasteiger partial charge in [-0.05, 0) is 43.3 Å². The predicted molar refractivity (Wildman–Crippen MR) is 140 cm³/mol. The molecule has 34 heavy (non-hydrogen) atoms. The Morgan fingerprint density at radius 2 is 1.97 bits per heavy atom. The first-order valence-corrected chi connectivity index (χ1v) is 12.5. The second kappa shape index (κ2) is 8.45. The van der Waals surface area contributed by atoms with Gasteiger partial charge in [-0.2, -0.15) is 0 Å². The number of amides is 1. The Kier molecular flexibility index (Phi) is 5.27. The lowest BCUT2D eigenvalue weighted by molar-refractivity contribution is 0.0949. The quantitative estimate of drug-likeness (QED) is 0.416. The van der Waals surface area contributed by atoms with E-state index in [4.69, 9.17) is 9.72 Å². The molecule has 0 aliphatic carbocycles. The average Bonchev–Trinajstić information content (AvgIpc) is 3.20. The van der Waals surface area contributed by atoms with Crippen LogP contribution in [0.25, 0.3) is 32.2 Å². The van der Waals surface area contributed by atoms with E-state index < -0.39 is 0 Å². The Balaban J connectivity index is 1.46. The SMILES string of the molecule is COc1cc(-c2ccc3c(ccc4sc5c(c43)NC[C@@H](C)NC5=O)n2)cc(N2CCNCC2)c1. The Morgan fingerprint density at radius 1 is 1.12 bits per heavy atom. The van der Waals surface area contributed by atoms with Crippen molar-refractivity contribution in [2.24, 2.45) is 0 Å². The van der Waals surface area contributed by atoms with E-state index in [0.29, 0.717) is 6.54 Å². The molecule has 1 saturated heterocycles. The number of thiophene rings is 1. The van der Waals surface area contributed by atoms with Gasteiger partial charge in [0.15, 0.2) is 0 Å². The summed E-state index contributed by atoms with van der Waals surface area (Å²) in [4.78, 5) is 20.9. The van der Waals surface area contributed by atoms with Crippen LogP contribution in [-0.2, 0) is 0 Å². The number of rotatable bonds is 3. The number of nitrogens with one attached hydrogen (secondary N) is 3. The van der Waals surface area contributed by atoms with Crippen molar-refractivity contribution >= 4 is 49.6 Å². The van der Waals surface area contributed by atoms with Gasteiger partial charge in [0.25, 0.3) is 5.91 Å². The van der Waals surface area contributed by atoms with Crippen molar-refractivity contribution in [3.63, 3.8) is 0 Å². The first-order chi connectivity index (χ1) is 16.6. The summed E-state index contributed by atoms with van der Waals surface area (Å²) in [6, 6.07) is 14.7. The highest BCUT2D eigenvalue weighted by Gasteiger charge is 2.25. The van der Waals surface area contributed by atoms with Gasteiger partial charge < -0.3 is 25.6 Å². The molecule has 2 aromatic heterocycles. The molecule has 0 radical (unpaired) electrons. The fraction of sp³-hybridized carbons (Fsp3) is 0.308. The molecule has 2 aliphatic rings. The van der Waals surface area contributed by atoms with Crippen molar-refractivity contribution in [2.45, 2.75) is 13.0 Å². The van der Waals surface area contributed by atoms with Crippen molar-refractivity contribution in [1.29, 1.82) is 0 Å². The van der Waals surface area contributed by atoms with E-state index in [1.807, 2.05) is 13.0 Å². The highest BCUT2D eigenvalue weighted by atomic mass is 32.1. The topological polar surface area (TPSA) is 78.5 Å². The van der Waals surface area contributed by atoms with Gasteiger partial charge in [-0.1, -0.05) is 0 Å². The summed E-state index contributed by atoms with van der Waals surface area (Å²) in [5, 5.41) is 12.1. The van der Waals surface area contributed by atoms with Gasteiger partial charge in [-0.15, -0.1) is 11.3 Å². The second-order valence-corrected chi connectivity index (χ2v) is 9.97. The number of ether oxygens (including phenoxy) is 1. The molecule has 2 aliphatic heterocycles. The number of anilines is 2. The zero-order valence-electron chi connectivity index (χ0n) is 19.3. The zero-order valence-corrected chi connectivity index (χ0v) is 20.1. The van der Waals surface area contributed by atoms with Crippen LogP contribution in [0.15, 0.2) is 42.5 Å². The first kappa shape index (κ1) is 21.2. The molecule has 0 spiro atoms. The smallest absolute Gasteiger partial charge is 0.263 e. The fourth-order valence-corrected chi connectivity index (χ4v) is 5.94. The molecule has 4 aromatic rings. The predicted octanol–water partition coefficient (Wildman–Crippen LogP) is 4.08. The number of hydrogen-bond donors (Lipinski definition) is 3. The van der Waals surface area contributed by atoms with Gasteiger partial charge in [-0.3, -0.25) is 4.79 Å². The van der Waals surface area contributed by atoms with Crippen LogP contribution in [0.4, 0.5) is 11.4 Å². The van der Waals surface area contributed by atoms with E-state index in [1.54, 1.807) is 7.11 Å². The second-order valence-electron chi connectivity index (χ2n) is 8.92. The van der Waals surface area contributed by atoms with E-state index in [9.17, 15) is 4.79 Å². The maximum Gasteiger partial charge on any atom is 0.263 e. The molecular formula is C26H27N5O2S.